The van der Waals surface area contributed by atoms with Crippen molar-refractivity contribution < 1.29 is 9.90 Å². The Morgan fingerprint density at radius 2 is 2.00 bits per heavy atom. The molecular formula is C18H24N4O2S. The summed E-state index contributed by atoms with van der Waals surface area (Å²) in [6.45, 7) is 0. The predicted octanol–water partition coefficient (Wildman–Crippen LogP) is 2.44. The summed E-state index contributed by atoms with van der Waals surface area (Å²) < 4.78 is 1.75. The molecule has 1 unspecified atom stereocenters. The summed E-state index contributed by atoms with van der Waals surface area (Å²) in [4.78, 5) is 12.1. The van der Waals surface area contributed by atoms with E-state index < -0.39 is 6.10 Å². The molecule has 1 aromatic carbocycles. The lowest BCUT2D eigenvalue weighted by Crippen LogP contribution is -2.37. The number of carbonyl (C=O) groups excluding carboxylic acids is 1. The molecule has 1 saturated carbocycles. The van der Waals surface area contributed by atoms with Crippen molar-refractivity contribution in [1.82, 2.24) is 20.1 Å². The van der Waals surface area contributed by atoms with E-state index in [0.717, 1.165) is 18.4 Å². The summed E-state index contributed by atoms with van der Waals surface area (Å²) in [6, 6.07) is 9.67. The second-order valence-electron chi connectivity index (χ2n) is 6.40. The van der Waals surface area contributed by atoms with Gasteiger partial charge in [0.05, 0.1) is 5.75 Å². The largest absolute Gasteiger partial charge is 0.380 e. The van der Waals surface area contributed by atoms with Crippen molar-refractivity contribution >= 4 is 17.7 Å². The van der Waals surface area contributed by atoms with Crippen LogP contribution in [0.2, 0.25) is 0 Å². The molecule has 0 bridgehead atoms. The van der Waals surface area contributed by atoms with Crippen LogP contribution in [0.25, 0.3) is 0 Å². The van der Waals surface area contributed by atoms with E-state index in [9.17, 15) is 9.90 Å². The van der Waals surface area contributed by atoms with Crippen LogP contribution in [0.3, 0.4) is 0 Å². The van der Waals surface area contributed by atoms with Crippen LogP contribution in [-0.4, -0.2) is 37.6 Å². The van der Waals surface area contributed by atoms with Crippen molar-refractivity contribution in [1.29, 1.82) is 0 Å². The van der Waals surface area contributed by atoms with Gasteiger partial charge in [-0.1, -0.05) is 61.4 Å². The third kappa shape index (κ3) is 4.61. The molecule has 1 fully saturated rings. The Kier molecular flexibility index (Phi) is 6.09. The maximum Gasteiger partial charge on any atom is 0.230 e. The molecule has 1 heterocycles. The normalized spacial score (nSPS) is 16.6. The van der Waals surface area contributed by atoms with Crippen LogP contribution in [0.4, 0.5) is 0 Å². The van der Waals surface area contributed by atoms with Gasteiger partial charge in [0, 0.05) is 13.1 Å². The number of aliphatic hydroxyl groups excluding tert-OH is 1. The molecule has 1 atom stereocenters. The quantitative estimate of drug-likeness (QED) is 0.774. The van der Waals surface area contributed by atoms with Crippen LogP contribution in [0.1, 0.15) is 49.6 Å². The minimum Gasteiger partial charge on any atom is -0.380 e. The van der Waals surface area contributed by atoms with Gasteiger partial charge in [-0.3, -0.25) is 4.79 Å². The minimum absolute atomic E-state index is 0.0325. The van der Waals surface area contributed by atoms with Gasteiger partial charge in [-0.25, -0.2) is 0 Å². The number of rotatable bonds is 6. The average Bonchev–Trinajstić information content (AvgIpc) is 3.01. The predicted molar refractivity (Wildman–Crippen MR) is 97.2 cm³/mol. The second-order valence-corrected chi connectivity index (χ2v) is 7.35. The Hall–Kier alpha value is -1.86. The number of nitrogens with one attached hydrogen (secondary N) is 1. The van der Waals surface area contributed by atoms with Crippen molar-refractivity contribution in [3.05, 3.63) is 41.7 Å². The highest BCUT2D eigenvalue weighted by Crippen LogP contribution is 2.24. The summed E-state index contributed by atoms with van der Waals surface area (Å²) >= 11 is 1.34. The lowest BCUT2D eigenvalue weighted by molar-refractivity contribution is -0.119. The molecule has 0 radical (unpaired) electrons. The highest BCUT2D eigenvalue weighted by Gasteiger charge is 2.20. The van der Waals surface area contributed by atoms with E-state index in [-0.39, 0.29) is 5.91 Å². The second kappa shape index (κ2) is 8.49. The molecule has 1 amide bonds. The molecule has 1 aliphatic rings. The van der Waals surface area contributed by atoms with Crippen LogP contribution in [-0.2, 0) is 11.8 Å². The first kappa shape index (κ1) is 17.9. The number of aromatic nitrogens is 3. The standard InChI is InChI=1S/C18H24N4O2S/c1-22-17(16(24)13-8-4-2-5-9-13)20-21-18(22)25-12-15(23)19-14-10-6-3-7-11-14/h2,4-5,8-9,14,16,24H,3,6-7,10-12H2,1H3,(H,19,23). The Morgan fingerprint density at radius 3 is 2.72 bits per heavy atom. The van der Waals surface area contributed by atoms with Gasteiger partial charge in [0.1, 0.15) is 6.10 Å². The first-order chi connectivity index (χ1) is 12.1. The van der Waals surface area contributed by atoms with Crippen LogP contribution < -0.4 is 5.32 Å². The SMILES string of the molecule is Cn1c(SCC(=O)NC2CCCCC2)nnc1C(O)c1ccccc1. The number of carbonyl (C=O) groups is 1. The Bertz CT molecular complexity index is 698. The van der Waals surface area contributed by atoms with E-state index in [2.05, 4.69) is 15.5 Å². The molecule has 1 aliphatic carbocycles. The maximum atomic E-state index is 12.1. The number of thioether (sulfide) groups is 1. The van der Waals surface area contributed by atoms with Crippen molar-refractivity contribution in [3.63, 3.8) is 0 Å². The van der Waals surface area contributed by atoms with Crippen LogP contribution in [0.15, 0.2) is 35.5 Å². The zero-order chi connectivity index (χ0) is 17.6. The number of aliphatic hydroxyl groups is 1. The molecule has 1 aromatic heterocycles. The topological polar surface area (TPSA) is 80.0 Å². The lowest BCUT2D eigenvalue weighted by Gasteiger charge is -2.22. The van der Waals surface area contributed by atoms with Crippen LogP contribution >= 0.6 is 11.8 Å². The van der Waals surface area contributed by atoms with Crippen LogP contribution in [0.5, 0.6) is 0 Å². The zero-order valence-corrected chi connectivity index (χ0v) is 15.2. The Labute approximate surface area is 152 Å². The van der Waals surface area contributed by atoms with Gasteiger partial charge in [0.25, 0.3) is 0 Å². The summed E-state index contributed by atoms with van der Waals surface area (Å²) in [6.07, 6.45) is 4.99. The van der Waals surface area contributed by atoms with Gasteiger partial charge < -0.3 is 15.0 Å². The van der Waals surface area contributed by atoms with Crippen molar-refractivity contribution in [2.45, 2.75) is 49.4 Å². The summed E-state index contributed by atoms with van der Waals surface area (Å²) in [5.74, 6) is 0.815. The van der Waals surface area contributed by atoms with E-state index in [1.54, 1.807) is 4.57 Å². The zero-order valence-electron chi connectivity index (χ0n) is 14.4. The highest BCUT2D eigenvalue weighted by molar-refractivity contribution is 7.99. The fourth-order valence-electron chi connectivity index (χ4n) is 3.12. The number of hydrogen-bond donors (Lipinski definition) is 2. The van der Waals surface area contributed by atoms with Gasteiger partial charge in [-0.05, 0) is 18.4 Å². The van der Waals surface area contributed by atoms with E-state index in [0.29, 0.717) is 22.8 Å². The average molecular weight is 360 g/mol. The molecular weight excluding hydrogens is 336 g/mol. The molecule has 7 heteroatoms. The molecule has 134 valence electrons. The van der Waals surface area contributed by atoms with Crippen molar-refractivity contribution in [3.8, 4) is 0 Å². The lowest BCUT2D eigenvalue weighted by atomic mass is 9.95. The fourth-order valence-corrected chi connectivity index (χ4v) is 3.85. The van der Waals surface area contributed by atoms with E-state index >= 15 is 0 Å². The van der Waals surface area contributed by atoms with Crippen molar-refractivity contribution in [2.75, 3.05) is 5.75 Å². The first-order valence-electron chi connectivity index (χ1n) is 8.69. The van der Waals surface area contributed by atoms with E-state index in [4.69, 9.17) is 0 Å². The maximum absolute atomic E-state index is 12.1. The third-order valence-electron chi connectivity index (χ3n) is 4.53. The molecule has 0 spiro atoms. The molecule has 0 saturated heterocycles. The van der Waals surface area contributed by atoms with Gasteiger partial charge in [0.2, 0.25) is 5.91 Å². The Balaban J connectivity index is 1.57. The summed E-state index contributed by atoms with van der Waals surface area (Å²) in [5, 5.41) is 22.4. The van der Waals surface area contributed by atoms with Crippen molar-refractivity contribution in [2.24, 2.45) is 7.05 Å². The summed E-state index contributed by atoms with van der Waals surface area (Å²) in [5.41, 5.74) is 0.768. The monoisotopic (exact) mass is 360 g/mol. The highest BCUT2D eigenvalue weighted by atomic mass is 32.2. The number of amides is 1. The number of benzene rings is 1. The Morgan fingerprint density at radius 1 is 1.28 bits per heavy atom. The smallest absolute Gasteiger partial charge is 0.230 e. The molecule has 2 aromatic rings. The van der Waals surface area contributed by atoms with E-state index in [1.807, 2.05) is 37.4 Å². The van der Waals surface area contributed by atoms with Gasteiger partial charge in [-0.2, -0.15) is 0 Å². The molecule has 6 nitrogen and oxygen atoms in total. The number of nitrogens with zero attached hydrogens (tertiary/aromatic N) is 3. The van der Waals surface area contributed by atoms with Gasteiger partial charge in [0.15, 0.2) is 11.0 Å². The number of hydrogen-bond acceptors (Lipinski definition) is 5. The third-order valence-corrected chi connectivity index (χ3v) is 5.55. The van der Waals surface area contributed by atoms with Crippen LogP contribution in [0, 0.1) is 0 Å². The molecule has 25 heavy (non-hydrogen) atoms. The summed E-state index contributed by atoms with van der Waals surface area (Å²) in [7, 11) is 1.81. The fraction of sp³-hybridized carbons (Fsp3) is 0.500. The minimum atomic E-state index is -0.830. The van der Waals surface area contributed by atoms with Gasteiger partial charge >= 0.3 is 0 Å². The van der Waals surface area contributed by atoms with E-state index in [1.165, 1.54) is 31.0 Å². The van der Waals surface area contributed by atoms with Gasteiger partial charge in [-0.15, -0.1) is 10.2 Å². The molecule has 3 rings (SSSR count). The molecule has 0 aliphatic heterocycles. The first-order valence-corrected chi connectivity index (χ1v) is 9.68. The molecule has 2 N–H and O–H groups in total.